The fourth-order valence-corrected chi connectivity index (χ4v) is 3.01. The van der Waals surface area contributed by atoms with Crippen molar-refractivity contribution in [1.29, 1.82) is 0 Å². The molecule has 8 heteroatoms. The van der Waals surface area contributed by atoms with Crippen LogP contribution in [-0.4, -0.2) is 22.1 Å². The molecule has 3 N–H and O–H groups in total. The Labute approximate surface area is 137 Å². The van der Waals surface area contributed by atoms with Crippen LogP contribution in [-0.2, 0) is 11.3 Å². The van der Waals surface area contributed by atoms with Crippen molar-refractivity contribution in [3.05, 3.63) is 35.7 Å². The molecular weight excluding hydrogens is 318 g/mol. The summed E-state index contributed by atoms with van der Waals surface area (Å²) in [4.78, 5) is 15.6. The van der Waals surface area contributed by atoms with Gasteiger partial charge in [-0.3, -0.25) is 4.79 Å². The van der Waals surface area contributed by atoms with E-state index in [9.17, 15) is 13.6 Å². The normalized spacial score (nSPS) is 20.9. The van der Waals surface area contributed by atoms with E-state index < -0.39 is 11.6 Å². The average molecular weight is 336 g/mol. The monoisotopic (exact) mass is 336 g/mol. The second-order valence-electron chi connectivity index (χ2n) is 5.92. The molecule has 1 aliphatic rings. The van der Waals surface area contributed by atoms with E-state index in [1.807, 2.05) is 0 Å². The highest BCUT2D eigenvalue weighted by Crippen LogP contribution is 2.24. The molecule has 0 bridgehead atoms. The summed E-state index contributed by atoms with van der Waals surface area (Å²) in [5.41, 5.74) is 5.77. The Hall–Kier alpha value is -2.35. The van der Waals surface area contributed by atoms with Crippen molar-refractivity contribution >= 4 is 5.91 Å². The lowest BCUT2D eigenvalue weighted by Gasteiger charge is -2.29. The zero-order valence-corrected chi connectivity index (χ0v) is 13.0. The minimum Gasteiger partial charge on any atom is -0.369 e. The van der Waals surface area contributed by atoms with Crippen LogP contribution in [0.5, 0.6) is 0 Å². The highest BCUT2D eigenvalue weighted by Gasteiger charge is 2.29. The molecule has 1 heterocycles. The molecule has 1 aromatic heterocycles. The molecule has 1 fully saturated rings. The predicted molar refractivity (Wildman–Crippen MR) is 81.4 cm³/mol. The van der Waals surface area contributed by atoms with Crippen LogP contribution in [0.25, 0.3) is 11.4 Å². The van der Waals surface area contributed by atoms with Gasteiger partial charge in [-0.25, -0.2) is 8.78 Å². The van der Waals surface area contributed by atoms with Crippen LogP contribution >= 0.6 is 0 Å². The van der Waals surface area contributed by atoms with E-state index >= 15 is 0 Å². The standard InChI is InChI=1S/C16H18F2N4O2/c17-11-6-5-9(7-12(11)18)16-21-14(24-22-16)8-20-13-4-2-1-3-10(13)15(19)23/h5-7,10,13,20H,1-4,8H2,(H2,19,23). The highest BCUT2D eigenvalue weighted by atomic mass is 19.2. The first-order valence-corrected chi connectivity index (χ1v) is 7.85. The van der Waals surface area contributed by atoms with E-state index in [1.54, 1.807) is 0 Å². The number of benzene rings is 1. The molecule has 2 aromatic rings. The summed E-state index contributed by atoms with van der Waals surface area (Å²) >= 11 is 0. The van der Waals surface area contributed by atoms with Gasteiger partial charge in [-0.15, -0.1) is 0 Å². The van der Waals surface area contributed by atoms with Crippen LogP contribution in [0.15, 0.2) is 22.7 Å². The number of hydrogen-bond acceptors (Lipinski definition) is 5. The summed E-state index contributed by atoms with van der Waals surface area (Å²) in [6.45, 7) is 0.283. The molecule has 2 unspecified atom stereocenters. The zero-order valence-electron chi connectivity index (χ0n) is 13.0. The van der Waals surface area contributed by atoms with Gasteiger partial charge in [0.1, 0.15) is 0 Å². The van der Waals surface area contributed by atoms with Crippen LogP contribution in [0.1, 0.15) is 31.6 Å². The van der Waals surface area contributed by atoms with E-state index in [1.165, 1.54) is 6.07 Å². The van der Waals surface area contributed by atoms with Crippen molar-refractivity contribution in [1.82, 2.24) is 15.5 Å². The number of nitrogens with one attached hydrogen (secondary N) is 1. The summed E-state index contributed by atoms with van der Waals surface area (Å²) in [7, 11) is 0. The molecular formula is C16H18F2N4O2. The summed E-state index contributed by atoms with van der Waals surface area (Å²) in [6, 6.07) is 3.39. The molecule has 3 rings (SSSR count). The molecule has 128 valence electrons. The molecule has 0 spiro atoms. The van der Waals surface area contributed by atoms with Crippen molar-refractivity contribution in [2.45, 2.75) is 38.3 Å². The van der Waals surface area contributed by atoms with Gasteiger partial charge in [0.25, 0.3) is 0 Å². The quantitative estimate of drug-likeness (QED) is 0.872. The fourth-order valence-electron chi connectivity index (χ4n) is 3.01. The Kier molecular flexibility index (Phi) is 4.84. The second kappa shape index (κ2) is 7.04. The number of primary amides is 1. The maximum absolute atomic E-state index is 13.3. The maximum Gasteiger partial charge on any atom is 0.240 e. The molecule has 1 aliphatic carbocycles. The first kappa shape index (κ1) is 16.5. The molecule has 6 nitrogen and oxygen atoms in total. The van der Waals surface area contributed by atoms with E-state index in [0.717, 1.165) is 37.8 Å². The molecule has 24 heavy (non-hydrogen) atoms. The van der Waals surface area contributed by atoms with Crippen LogP contribution in [0.2, 0.25) is 0 Å². The molecule has 0 aliphatic heterocycles. The van der Waals surface area contributed by atoms with E-state index in [2.05, 4.69) is 15.5 Å². The minimum atomic E-state index is -0.969. The maximum atomic E-state index is 13.3. The molecule has 0 saturated heterocycles. The number of aromatic nitrogens is 2. The lowest BCUT2D eigenvalue weighted by molar-refractivity contribution is -0.123. The number of halogens is 2. The number of amides is 1. The zero-order chi connectivity index (χ0) is 17.1. The van der Waals surface area contributed by atoms with Gasteiger partial charge in [-0.1, -0.05) is 18.0 Å². The number of rotatable bonds is 5. The summed E-state index contributed by atoms with van der Waals surface area (Å²) in [5.74, 6) is -1.92. The second-order valence-corrected chi connectivity index (χ2v) is 5.92. The first-order chi connectivity index (χ1) is 11.5. The van der Waals surface area contributed by atoms with Crippen LogP contribution in [0, 0.1) is 17.6 Å². The molecule has 0 radical (unpaired) electrons. The predicted octanol–water partition coefficient (Wildman–Crippen LogP) is 2.15. The van der Waals surface area contributed by atoms with Gasteiger partial charge >= 0.3 is 0 Å². The van der Waals surface area contributed by atoms with Crippen LogP contribution < -0.4 is 11.1 Å². The summed E-state index contributed by atoms with van der Waals surface area (Å²) in [6.07, 6.45) is 3.66. The van der Waals surface area contributed by atoms with Gasteiger partial charge in [-0.05, 0) is 31.0 Å². The average Bonchev–Trinajstić information content (AvgIpc) is 3.04. The van der Waals surface area contributed by atoms with Crippen LogP contribution in [0.4, 0.5) is 8.78 Å². The van der Waals surface area contributed by atoms with Crippen molar-refractivity contribution in [2.24, 2.45) is 11.7 Å². The number of nitrogens with zero attached hydrogens (tertiary/aromatic N) is 2. The van der Waals surface area contributed by atoms with E-state index in [0.29, 0.717) is 11.5 Å². The third-order valence-electron chi connectivity index (χ3n) is 4.29. The lowest BCUT2D eigenvalue weighted by Crippen LogP contribution is -2.44. The van der Waals surface area contributed by atoms with Gasteiger partial charge in [0, 0.05) is 11.6 Å². The third kappa shape index (κ3) is 3.59. The molecule has 2 atom stereocenters. The van der Waals surface area contributed by atoms with Crippen molar-refractivity contribution in [3.63, 3.8) is 0 Å². The van der Waals surface area contributed by atoms with Crippen molar-refractivity contribution in [2.75, 3.05) is 0 Å². The Bertz CT molecular complexity index is 735. The third-order valence-corrected chi connectivity index (χ3v) is 4.29. The highest BCUT2D eigenvalue weighted by molar-refractivity contribution is 5.77. The minimum absolute atomic E-state index is 0.0186. The smallest absolute Gasteiger partial charge is 0.240 e. The van der Waals surface area contributed by atoms with Gasteiger partial charge in [0.05, 0.1) is 12.5 Å². The van der Waals surface area contributed by atoms with Gasteiger partial charge < -0.3 is 15.6 Å². The lowest BCUT2D eigenvalue weighted by atomic mass is 9.84. The van der Waals surface area contributed by atoms with Crippen molar-refractivity contribution in [3.8, 4) is 11.4 Å². The van der Waals surface area contributed by atoms with Gasteiger partial charge in [0.15, 0.2) is 11.6 Å². The number of carbonyl (C=O) groups is 1. The number of hydrogen-bond donors (Lipinski definition) is 2. The Morgan fingerprint density at radius 2 is 2.08 bits per heavy atom. The molecule has 1 aromatic carbocycles. The van der Waals surface area contributed by atoms with Crippen LogP contribution in [0.3, 0.4) is 0 Å². The van der Waals surface area contributed by atoms with Crippen molar-refractivity contribution < 1.29 is 18.1 Å². The van der Waals surface area contributed by atoms with Gasteiger partial charge in [0.2, 0.25) is 17.6 Å². The summed E-state index contributed by atoms with van der Waals surface area (Å²) < 4.78 is 31.3. The largest absolute Gasteiger partial charge is 0.369 e. The SMILES string of the molecule is NC(=O)C1CCCCC1NCc1nc(-c2ccc(F)c(F)c2)no1. The van der Waals surface area contributed by atoms with E-state index in [-0.39, 0.29) is 30.2 Å². The van der Waals surface area contributed by atoms with E-state index in [4.69, 9.17) is 10.3 Å². The molecule has 1 amide bonds. The Morgan fingerprint density at radius 1 is 1.29 bits per heavy atom. The number of carbonyl (C=O) groups excluding carboxylic acids is 1. The molecule has 1 saturated carbocycles. The first-order valence-electron chi connectivity index (χ1n) is 7.85. The fraction of sp³-hybridized carbons (Fsp3) is 0.438. The number of nitrogens with two attached hydrogens (primary N) is 1. The Morgan fingerprint density at radius 3 is 2.83 bits per heavy atom. The Balaban J connectivity index is 1.65. The van der Waals surface area contributed by atoms with Gasteiger partial charge in [-0.2, -0.15) is 4.98 Å². The summed E-state index contributed by atoms with van der Waals surface area (Å²) in [5, 5.41) is 6.99. The topological polar surface area (TPSA) is 94.0 Å².